The Labute approximate surface area is 260 Å². The third kappa shape index (κ3) is 10.8. The number of hydrogen-bond acceptors (Lipinski definition) is 6. The van der Waals surface area contributed by atoms with E-state index in [0.29, 0.717) is 29.8 Å². The highest BCUT2D eigenvalue weighted by atomic mass is 79.9. The van der Waals surface area contributed by atoms with Crippen LogP contribution in [0.25, 0.3) is 10.9 Å². The van der Waals surface area contributed by atoms with Crippen LogP contribution in [0.1, 0.15) is 102 Å². The van der Waals surface area contributed by atoms with Crippen molar-refractivity contribution in [2.45, 2.75) is 97.9 Å². The van der Waals surface area contributed by atoms with E-state index >= 15 is 0 Å². The molecule has 230 valence electrons. The second-order valence-electron chi connectivity index (χ2n) is 11.8. The number of nitrogens with zero attached hydrogens (tertiary/aromatic N) is 2. The average Bonchev–Trinajstić information content (AvgIpc) is 2.94. The number of hydrogen-bond donors (Lipinski definition) is 2. The summed E-state index contributed by atoms with van der Waals surface area (Å²) < 4.78 is 12.9. The minimum atomic E-state index is -0.139. The van der Waals surface area contributed by atoms with Crippen LogP contribution < -0.4 is 20.5 Å². The smallest absolute Gasteiger partial charge is 0.220 e. The SMILES string of the molecule is COc1cc2c(N[C@H](C)c3cccc(Br)c3)nc(C)nc2cc1OCCCCCCCCCCC(CC(C)C)C(N)=O. The second-order valence-corrected chi connectivity index (χ2v) is 12.7. The van der Waals surface area contributed by atoms with Crippen LogP contribution in [0.15, 0.2) is 40.9 Å². The number of aryl methyl sites for hydroxylation is 1. The van der Waals surface area contributed by atoms with Crippen molar-refractivity contribution in [3.05, 3.63) is 52.3 Å². The van der Waals surface area contributed by atoms with Gasteiger partial charge in [-0.05, 0) is 62.8 Å². The molecule has 3 rings (SSSR count). The molecule has 1 heterocycles. The van der Waals surface area contributed by atoms with E-state index in [2.05, 4.69) is 59.1 Å². The normalized spacial score (nSPS) is 12.8. The first kappa shape index (κ1) is 33.6. The molecular weight excluding hydrogens is 592 g/mol. The lowest BCUT2D eigenvalue weighted by molar-refractivity contribution is -0.122. The Morgan fingerprint density at radius 1 is 0.952 bits per heavy atom. The third-order valence-corrected chi connectivity index (χ3v) is 8.15. The Morgan fingerprint density at radius 3 is 2.29 bits per heavy atom. The van der Waals surface area contributed by atoms with Crippen molar-refractivity contribution in [1.82, 2.24) is 9.97 Å². The van der Waals surface area contributed by atoms with E-state index in [-0.39, 0.29) is 17.9 Å². The van der Waals surface area contributed by atoms with Crippen LogP contribution in [-0.4, -0.2) is 29.6 Å². The molecule has 0 saturated carbocycles. The van der Waals surface area contributed by atoms with Gasteiger partial charge >= 0.3 is 0 Å². The molecule has 0 saturated heterocycles. The summed E-state index contributed by atoms with van der Waals surface area (Å²) in [6, 6.07) is 12.3. The number of carbonyl (C=O) groups excluding carboxylic acids is 1. The van der Waals surface area contributed by atoms with Crippen molar-refractivity contribution in [3.63, 3.8) is 0 Å². The first-order valence-electron chi connectivity index (χ1n) is 15.5. The molecule has 1 amide bonds. The quantitative estimate of drug-likeness (QED) is 0.127. The molecule has 0 spiro atoms. The number of amides is 1. The van der Waals surface area contributed by atoms with Crippen LogP contribution in [0, 0.1) is 18.8 Å². The van der Waals surface area contributed by atoms with Crippen molar-refractivity contribution in [1.29, 1.82) is 0 Å². The minimum Gasteiger partial charge on any atom is -0.493 e. The molecule has 3 N–H and O–H groups in total. The Kier molecular flexibility index (Phi) is 13.8. The first-order chi connectivity index (χ1) is 20.2. The Bertz CT molecular complexity index is 1280. The number of carbonyl (C=O) groups is 1. The monoisotopic (exact) mass is 640 g/mol. The van der Waals surface area contributed by atoms with Gasteiger partial charge in [-0.15, -0.1) is 0 Å². The van der Waals surface area contributed by atoms with E-state index in [1.54, 1.807) is 7.11 Å². The van der Waals surface area contributed by atoms with Gasteiger partial charge in [-0.25, -0.2) is 9.97 Å². The summed E-state index contributed by atoms with van der Waals surface area (Å²) in [7, 11) is 1.67. The molecule has 0 aliphatic rings. The van der Waals surface area contributed by atoms with Crippen molar-refractivity contribution < 1.29 is 14.3 Å². The molecule has 2 atom stereocenters. The number of nitrogens with one attached hydrogen (secondary N) is 1. The van der Waals surface area contributed by atoms with Gasteiger partial charge in [0.05, 0.1) is 25.3 Å². The highest BCUT2D eigenvalue weighted by Crippen LogP contribution is 2.35. The zero-order valence-corrected chi connectivity index (χ0v) is 27.6. The van der Waals surface area contributed by atoms with E-state index in [9.17, 15) is 4.79 Å². The predicted octanol–water partition coefficient (Wildman–Crippen LogP) is 8.92. The van der Waals surface area contributed by atoms with Gasteiger partial charge in [0.25, 0.3) is 0 Å². The number of ether oxygens (including phenoxy) is 2. The summed E-state index contributed by atoms with van der Waals surface area (Å²) in [6.45, 7) is 8.97. The van der Waals surface area contributed by atoms with Gasteiger partial charge in [-0.3, -0.25) is 4.79 Å². The maximum Gasteiger partial charge on any atom is 0.220 e. The van der Waals surface area contributed by atoms with Gasteiger partial charge in [0.1, 0.15) is 11.6 Å². The fourth-order valence-corrected chi connectivity index (χ4v) is 5.80. The van der Waals surface area contributed by atoms with E-state index < -0.39 is 0 Å². The topological polar surface area (TPSA) is 99.4 Å². The number of halogens is 1. The van der Waals surface area contributed by atoms with Crippen LogP contribution in [0.5, 0.6) is 11.5 Å². The fraction of sp³-hybridized carbons (Fsp3) is 0.559. The molecule has 0 fully saturated rings. The Morgan fingerprint density at radius 2 is 1.64 bits per heavy atom. The number of fused-ring (bicyclic) bond motifs is 1. The molecule has 7 nitrogen and oxygen atoms in total. The highest BCUT2D eigenvalue weighted by molar-refractivity contribution is 9.10. The van der Waals surface area contributed by atoms with E-state index in [1.165, 1.54) is 32.1 Å². The number of unbranched alkanes of at least 4 members (excludes halogenated alkanes) is 7. The summed E-state index contributed by atoms with van der Waals surface area (Å²) in [6.07, 6.45) is 11.1. The molecule has 0 bridgehead atoms. The van der Waals surface area contributed by atoms with Crippen molar-refractivity contribution in [3.8, 4) is 11.5 Å². The summed E-state index contributed by atoms with van der Waals surface area (Å²) in [4.78, 5) is 21.0. The zero-order valence-electron chi connectivity index (χ0n) is 26.0. The van der Waals surface area contributed by atoms with Crippen LogP contribution in [0.3, 0.4) is 0 Å². The van der Waals surface area contributed by atoms with Crippen molar-refractivity contribution in [2.24, 2.45) is 17.6 Å². The second kappa shape index (κ2) is 17.3. The Balaban J connectivity index is 1.44. The van der Waals surface area contributed by atoms with Crippen molar-refractivity contribution >= 4 is 38.6 Å². The molecule has 0 aliphatic carbocycles. The summed E-state index contributed by atoms with van der Waals surface area (Å²) in [5.41, 5.74) is 7.56. The van der Waals surface area contributed by atoms with Crippen molar-refractivity contribution in [2.75, 3.05) is 19.0 Å². The lowest BCUT2D eigenvalue weighted by Gasteiger charge is -2.18. The first-order valence-corrected chi connectivity index (χ1v) is 16.3. The summed E-state index contributed by atoms with van der Waals surface area (Å²) >= 11 is 3.56. The minimum absolute atomic E-state index is 0.0348. The molecule has 8 heteroatoms. The van der Waals surface area contributed by atoms with Gasteiger partial charge in [0.2, 0.25) is 5.91 Å². The lowest BCUT2D eigenvalue weighted by Crippen LogP contribution is -2.24. The van der Waals surface area contributed by atoms with E-state index in [0.717, 1.165) is 58.9 Å². The number of anilines is 1. The standard InChI is InChI=1S/C34H49BrN4O3/c1-23(2)19-27(33(36)40)15-12-10-8-6-7-9-11-13-18-42-32-22-30-29(21-31(32)41-5)34(39-25(4)38-30)37-24(3)26-16-14-17-28(35)20-26/h14,16-17,20-24,27H,6-13,15,18-19H2,1-5H3,(H2,36,40)(H,37,38,39)/t24-,27?/m1/s1. The molecule has 2 aromatic carbocycles. The van der Waals surface area contributed by atoms with E-state index in [4.69, 9.17) is 20.2 Å². The van der Waals surface area contributed by atoms with Gasteiger partial charge in [0, 0.05) is 21.8 Å². The molecule has 1 aromatic heterocycles. The summed E-state index contributed by atoms with van der Waals surface area (Å²) in [5, 5.41) is 4.46. The lowest BCUT2D eigenvalue weighted by atomic mass is 9.91. The van der Waals surface area contributed by atoms with E-state index in [1.807, 2.05) is 31.2 Å². The highest BCUT2D eigenvalue weighted by Gasteiger charge is 2.17. The maximum absolute atomic E-state index is 11.6. The maximum atomic E-state index is 11.6. The molecule has 0 aliphatic heterocycles. The molecular formula is C34H49BrN4O3. The molecule has 0 radical (unpaired) electrons. The fourth-order valence-electron chi connectivity index (χ4n) is 5.38. The van der Waals surface area contributed by atoms with Crippen LogP contribution in [0.2, 0.25) is 0 Å². The zero-order chi connectivity index (χ0) is 30.5. The number of rotatable bonds is 19. The van der Waals surface area contributed by atoms with Gasteiger partial charge in [-0.2, -0.15) is 0 Å². The van der Waals surface area contributed by atoms with Crippen LogP contribution in [0.4, 0.5) is 5.82 Å². The van der Waals surface area contributed by atoms with Gasteiger partial charge < -0.3 is 20.5 Å². The van der Waals surface area contributed by atoms with Gasteiger partial charge in [-0.1, -0.05) is 86.9 Å². The molecule has 42 heavy (non-hydrogen) atoms. The summed E-state index contributed by atoms with van der Waals surface area (Å²) in [5.74, 6) is 3.27. The molecule has 3 aromatic rings. The van der Waals surface area contributed by atoms with Crippen LogP contribution in [-0.2, 0) is 4.79 Å². The third-order valence-electron chi connectivity index (χ3n) is 7.66. The predicted molar refractivity (Wildman–Crippen MR) is 176 cm³/mol. The van der Waals surface area contributed by atoms with Gasteiger partial charge in [0.15, 0.2) is 11.5 Å². The largest absolute Gasteiger partial charge is 0.493 e. The number of aromatic nitrogens is 2. The molecule has 1 unspecified atom stereocenters. The number of nitrogens with two attached hydrogens (primary N) is 1. The van der Waals surface area contributed by atoms with Crippen LogP contribution >= 0.6 is 15.9 Å². The number of benzene rings is 2. The Hall–Kier alpha value is -2.87. The average molecular weight is 642 g/mol. The number of methoxy groups -OCH3 is 1. The number of primary amides is 1.